The first-order chi connectivity index (χ1) is 8.65. The minimum atomic E-state index is 0.552. The first-order valence-corrected chi connectivity index (χ1v) is 7.98. The predicted octanol–water partition coefficient (Wildman–Crippen LogP) is 3.61. The molecule has 0 bridgehead atoms. The number of nitrogens with zero attached hydrogens (tertiary/aromatic N) is 3. The van der Waals surface area contributed by atoms with Crippen molar-refractivity contribution in [3.63, 3.8) is 0 Å². The van der Waals surface area contributed by atoms with E-state index >= 15 is 0 Å². The van der Waals surface area contributed by atoms with Crippen molar-refractivity contribution < 1.29 is 0 Å². The Kier molecular flexibility index (Phi) is 3.28. The first-order valence-electron chi connectivity index (χ1n) is 6.25. The lowest BCUT2D eigenvalue weighted by molar-refractivity contribution is 0.455. The van der Waals surface area contributed by atoms with Crippen LogP contribution in [-0.4, -0.2) is 27.9 Å². The minimum absolute atomic E-state index is 0.552. The fourth-order valence-electron chi connectivity index (χ4n) is 2.43. The Hall–Kier alpha value is -0.680. The van der Waals surface area contributed by atoms with E-state index in [2.05, 4.69) is 50.7 Å². The number of aryl methyl sites for hydroxylation is 1. The molecule has 0 amide bonds. The molecule has 2 unspecified atom stereocenters. The van der Waals surface area contributed by atoms with Gasteiger partial charge in [0.1, 0.15) is 17.0 Å². The maximum Gasteiger partial charge on any atom is 0.140 e. The fourth-order valence-corrected chi connectivity index (χ4v) is 3.89. The normalized spacial score (nSPS) is 24.7. The molecule has 0 aromatic carbocycles. The van der Waals surface area contributed by atoms with Gasteiger partial charge in [-0.1, -0.05) is 22.9 Å². The van der Waals surface area contributed by atoms with Crippen LogP contribution in [-0.2, 0) is 0 Å². The second-order valence-electron chi connectivity index (χ2n) is 5.00. The zero-order chi connectivity index (χ0) is 12.7. The van der Waals surface area contributed by atoms with Crippen LogP contribution in [0.2, 0.25) is 0 Å². The van der Waals surface area contributed by atoms with Gasteiger partial charge in [-0.3, -0.25) is 0 Å². The topological polar surface area (TPSA) is 29.0 Å². The molecule has 0 N–H and O–H groups in total. The molecule has 0 radical (unpaired) electrons. The zero-order valence-corrected chi connectivity index (χ0v) is 13.0. The van der Waals surface area contributed by atoms with Gasteiger partial charge in [-0.15, -0.1) is 11.3 Å². The number of hydrogen-bond donors (Lipinski definition) is 0. The zero-order valence-electron chi connectivity index (χ0n) is 10.6. The highest BCUT2D eigenvalue weighted by molar-refractivity contribution is 9.09. The summed E-state index contributed by atoms with van der Waals surface area (Å²) in [5.74, 6) is 1.84. The van der Waals surface area contributed by atoms with E-state index in [0.717, 1.165) is 29.7 Å². The van der Waals surface area contributed by atoms with Crippen molar-refractivity contribution in [3.8, 4) is 0 Å². The van der Waals surface area contributed by atoms with Gasteiger partial charge in [-0.05, 0) is 25.3 Å². The van der Waals surface area contributed by atoms with E-state index in [1.807, 2.05) is 0 Å². The van der Waals surface area contributed by atoms with E-state index in [1.54, 1.807) is 17.7 Å². The number of fused-ring (bicyclic) bond motifs is 1. The molecule has 96 valence electrons. The standard InChI is InChI=1S/C13H16BrN3S/c1-8-3-4-17(6-11(8)14)12-10-5-9(2)18-13(10)16-7-15-12/h5,7-8,11H,3-4,6H2,1-2H3. The van der Waals surface area contributed by atoms with E-state index in [1.165, 1.54) is 16.7 Å². The number of piperidine rings is 1. The number of anilines is 1. The van der Waals surface area contributed by atoms with Gasteiger partial charge in [0, 0.05) is 22.8 Å². The average molecular weight is 326 g/mol. The molecule has 3 nitrogen and oxygen atoms in total. The van der Waals surface area contributed by atoms with Crippen LogP contribution in [0.5, 0.6) is 0 Å². The number of hydrogen-bond acceptors (Lipinski definition) is 4. The second-order valence-corrected chi connectivity index (χ2v) is 7.41. The highest BCUT2D eigenvalue weighted by atomic mass is 79.9. The number of thiophene rings is 1. The van der Waals surface area contributed by atoms with Gasteiger partial charge in [0.15, 0.2) is 0 Å². The van der Waals surface area contributed by atoms with Crippen LogP contribution in [0.3, 0.4) is 0 Å². The first kappa shape index (κ1) is 12.4. The monoisotopic (exact) mass is 325 g/mol. The van der Waals surface area contributed by atoms with Gasteiger partial charge in [-0.25, -0.2) is 9.97 Å². The van der Waals surface area contributed by atoms with Crippen molar-refractivity contribution in [3.05, 3.63) is 17.3 Å². The smallest absolute Gasteiger partial charge is 0.140 e. The lowest BCUT2D eigenvalue weighted by Crippen LogP contribution is -2.40. The molecular formula is C13H16BrN3S. The minimum Gasteiger partial charge on any atom is -0.355 e. The van der Waals surface area contributed by atoms with Crippen LogP contribution >= 0.6 is 27.3 Å². The Labute approximate surface area is 119 Å². The van der Waals surface area contributed by atoms with E-state index in [4.69, 9.17) is 0 Å². The van der Waals surface area contributed by atoms with Crippen molar-refractivity contribution >= 4 is 43.3 Å². The molecule has 0 saturated carbocycles. The molecule has 2 atom stereocenters. The second kappa shape index (κ2) is 4.78. The van der Waals surface area contributed by atoms with E-state index in [9.17, 15) is 0 Å². The van der Waals surface area contributed by atoms with Crippen molar-refractivity contribution in [1.82, 2.24) is 9.97 Å². The Morgan fingerprint density at radius 1 is 1.44 bits per heavy atom. The van der Waals surface area contributed by atoms with E-state index < -0.39 is 0 Å². The largest absolute Gasteiger partial charge is 0.355 e. The molecule has 5 heteroatoms. The van der Waals surface area contributed by atoms with Crippen LogP contribution < -0.4 is 4.90 Å². The molecule has 0 spiro atoms. The van der Waals surface area contributed by atoms with Crippen LogP contribution in [0.1, 0.15) is 18.2 Å². The maximum atomic E-state index is 4.50. The summed E-state index contributed by atoms with van der Waals surface area (Å²) in [6.07, 6.45) is 2.90. The third-order valence-electron chi connectivity index (χ3n) is 3.60. The average Bonchev–Trinajstić information content (AvgIpc) is 2.72. The van der Waals surface area contributed by atoms with Crippen molar-refractivity contribution in [2.75, 3.05) is 18.0 Å². The van der Waals surface area contributed by atoms with Crippen LogP contribution in [0, 0.1) is 12.8 Å². The van der Waals surface area contributed by atoms with Gasteiger partial charge >= 0.3 is 0 Å². The molecule has 3 rings (SSSR count). The Morgan fingerprint density at radius 2 is 2.28 bits per heavy atom. The Balaban J connectivity index is 1.99. The van der Waals surface area contributed by atoms with Crippen molar-refractivity contribution in [2.45, 2.75) is 25.1 Å². The predicted molar refractivity (Wildman–Crippen MR) is 80.9 cm³/mol. The summed E-state index contributed by atoms with van der Waals surface area (Å²) < 4.78 is 0. The van der Waals surface area contributed by atoms with Crippen LogP contribution in [0.25, 0.3) is 10.2 Å². The maximum absolute atomic E-state index is 4.50. The van der Waals surface area contributed by atoms with Gasteiger partial charge in [0.25, 0.3) is 0 Å². The van der Waals surface area contributed by atoms with Crippen LogP contribution in [0.15, 0.2) is 12.4 Å². The number of aromatic nitrogens is 2. The summed E-state index contributed by atoms with van der Waals surface area (Å²) in [6.45, 7) is 6.55. The highest BCUT2D eigenvalue weighted by Gasteiger charge is 2.26. The molecule has 1 aliphatic rings. The van der Waals surface area contributed by atoms with Crippen molar-refractivity contribution in [1.29, 1.82) is 0 Å². The summed E-state index contributed by atoms with van der Waals surface area (Å²) in [7, 11) is 0. The number of rotatable bonds is 1. The lowest BCUT2D eigenvalue weighted by atomic mass is 9.99. The molecule has 2 aromatic heterocycles. The lowest BCUT2D eigenvalue weighted by Gasteiger charge is -2.35. The van der Waals surface area contributed by atoms with E-state index in [-0.39, 0.29) is 0 Å². The summed E-state index contributed by atoms with van der Waals surface area (Å²) in [5, 5.41) is 1.20. The molecule has 2 aromatic rings. The molecule has 1 saturated heterocycles. The summed E-state index contributed by atoms with van der Waals surface area (Å²) in [5.41, 5.74) is 0. The quantitative estimate of drug-likeness (QED) is 0.750. The summed E-state index contributed by atoms with van der Waals surface area (Å²) in [4.78, 5) is 14.2. The Bertz CT molecular complexity index is 568. The number of alkyl halides is 1. The fraction of sp³-hybridized carbons (Fsp3) is 0.538. The third-order valence-corrected chi connectivity index (χ3v) is 5.75. The molecular weight excluding hydrogens is 310 g/mol. The van der Waals surface area contributed by atoms with Crippen LogP contribution in [0.4, 0.5) is 5.82 Å². The summed E-state index contributed by atoms with van der Waals surface area (Å²) in [6, 6.07) is 2.20. The Morgan fingerprint density at radius 3 is 3.06 bits per heavy atom. The van der Waals surface area contributed by atoms with Gasteiger partial charge in [0.05, 0.1) is 5.39 Å². The highest BCUT2D eigenvalue weighted by Crippen LogP contribution is 2.33. The van der Waals surface area contributed by atoms with E-state index in [0.29, 0.717) is 4.83 Å². The van der Waals surface area contributed by atoms with Gasteiger partial charge < -0.3 is 4.90 Å². The molecule has 1 fully saturated rings. The summed E-state index contributed by atoms with van der Waals surface area (Å²) >= 11 is 5.52. The SMILES string of the molecule is Cc1cc2c(N3CCC(C)C(Br)C3)ncnc2s1. The molecule has 1 aliphatic heterocycles. The third kappa shape index (κ3) is 2.14. The molecule has 0 aliphatic carbocycles. The van der Waals surface area contributed by atoms with Gasteiger partial charge in [-0.2, -0.15) is 0 Å². The van der Waals surface area contributed by atoms with Gasteiger partial charge in [0.2, 0.25) is 0 Å². The van der Waals surface area contributed by atoms with Crippen molar-refractivity contribution in [2.24, 2.45) is 5.92 Å². The number of halogens is 1. The molecule has 18 heavy (non-hydrogen) atoms. The molecule has 3 heterocycles.